The molecule has 2 aromatic rings. The zero-order chi connectivity index (χ0) is 17.8. The van der Waals surface area contributed by atoms with Crippen molar-refractivity contribution in [3.63, 3.8) is 0 Å². The molecule has 0 fully saturated rings. The van der Waals surface area contributed by atoms with Gasteiger partial charge >= 0.3 is 0 Å². The van der Waals surface area contributed by atoms with E-state index in [1.807, 2.05) is 47.4 Å². The van der Waals surface area contributed by atoms with Gasteiger partial charge in [-0.05, 0) is 25.0 Å². The predicted octanol–water partition coefficient (Wildman–Crippen LogP) is 2.05. The molecule has 1 aliphatic heterocycles. The Bertz CT molecular complexity index is 785. The van der Waals surface area contributed by atoms with Crippen LogP contribution in [0, 0.1) is 6.92 Å². The number of aryl methyl sites for hydroxylation is 1. The molecule has 2 heterocycles. The number of aliphatic imine (C=N–C) groups is 1. The number of hydrogen-bond acceptors (Lipinski definition) is 4. The third-order valence-electron chi connectivity index (χ3n) is 4.23. The average molecular weight is 357 g/mol. The predicted molar refractivity (Wildman–Crippen MR) is 102 cm³/mol. The third-order valence-corrected chi connectivity index (χ3v) is 5.05. The Morgan fingerprint density at radius 3 is 2.96 bits per heavy atom. The standard InChI is InChI=1S/C18H23N5OS/c1-13-21-15(12-25-13)11-22(3)18(19-2)20-10-17(24)23-9-8-14-6-4-5-7-16(14)23/h4-7,12H,8-11H2,1-3H3,(H,19,20). The largest absolute Gasteiger partial charge is 0.347 e. The van der Waals surface area contributed by atoms with Crippen LogP contribution in [-0.2, 0) is 17.8 Å². The fraction of sp³-hybridized carbons (Fsp3) is 0.389. The van der Waals surface area contributed by atoms with Crippen LogP contribution in [0.3, 0.4) is 0 Å². The first-order chi connectivity index (χ1) is 12.1. The van der Waals surface area contributed by atoms with Crippen molar-refractivity contribution in [2.75, 3.05) is 32.1 Å². The molecule has 0 bridgehead atoms. The molecule has 0 radical (unpaired) electrons. The molecule has 7 heteroatoms. The number of fused-ring (bicyclic) bond motifs is 1. The number of thiazole rings is 1. The van der Waals surface area contributed by atoms with Gasteiger partial charge in [-0.2, -0.15) is 0 Å². The Morgan fingerprint density at radius 1 is 1.44 bits per heavy atom. The highest BCUT2D eigenvalue weighted by atomic mass is 32.1. The first-order valence-corrected chi connectivity index (χ1v) is 9.17. The van der Waals surface area contributed by atoms with Gasteiger partial charge in [0, 0.05) is 31.7 Å². The molecule has 0 saturated heterocycles. The lowest BCUT2D eigenvalue weighted by molar-refractivity contribution is -0.117. The lowest BCUT2D eigenvalue weighted by atomic mass is 10.2. The van der Waals surface area contributed by atoms with Crippen molar-refractivity contribution in [1.29, 1.82) is 0 Å². The minimum absolute atomic E-state index is 0.0593. The highest BCUT2D eigenvalue weighted by Gasteiger charge is 2.24. The zero-order valence-electron chi connectivity index (χ0n) is 14.8. The molecule has 0 atom stereocenters. The second kappa shape index (κ2) is 7.65. The number of rotatable bonds is 4. The smallest absolute Gasteiger partial charge is 0.246 e. The van der Waals surface area contributed by atoms with E-state index in [0.717, 1.165) is 29.4 Å². The van der Waals surface area contributed by atoms with E-state index in [1.54, 1.807) is 18.4 Å². The Morgan fingerprint density at radius 2 is 2.24 bits per heavy atom. The maximum atomic E-state index is 12.6. The lowest BCUT2D eigenvalue weighted by Gasteiger charge is -2.23. The SMILES string of the molecule is CN=C(NCC(=O)N1CCc2ccccc21)N(C)Cc1csc(C)n1. The minimum Gasteiger partial charge on any atom is -0.347 e. The number of hydrogen-bond donors (Lipinski definition) is 1. The summed E-state index contributed by atoms with van der Waals surface area (Å²) in [6, 6.07) is 8.08. The van der Waals surface area contributed by atoms with Crippen LogP contribution in [0.15, 0.2) is 34.6 Å². The first-order valence-electron chi connectivity index (χ1n) is 8.29. The summed E-state index contributed by atoms with van der Waals surface area (Å²) in [6.07, 6.45) is 0.916. The molecule has 0 spiro atoms. The quantitative estimate of drug-likeness (QED) is 0.672. The molecule has 6 nitrogen and oxygen atoms in total. The fourth-order valence-electron chi connectivity index (χ4n) is 3.03. The van der Waals surface area contributed by atoms with Crippen molar-refractivity contribution in [2.45, 2.75) is 19.9 Å². The van der Waals surface area contributed by atoms with Crippen LogP contribution in [0.5, 0.6) is 0 Å². The van der Waals surface area contributed by atoms with Gasteiger partial charge in [0.05, 0.1) is 23.8 Å². The van der Waals surface area contributed by atoms with Crippen LogP contribution in [-0.4, -0.2) is 48.9 Å². The maximum Gasteiger partial charge on any atom is 0.246 e. The zero-order valence-corrected chi connectivity index (χ0v) is 15.6. The summed E-state index contributed by atoms with van der Waals surface area (Å²) in [5.41, 5.74) is 3.26. The van der Waals surface area contributed by atoms with Crippen molar-refractivity contribution >= 4 is 28.9 Å². The van der Waals surface area contributed by atoms with E-state index in [1.165, 1.54) is 5.56 Å². The van der Waals surface area contributed by atoms with Crippen molar-refractivity contribution in [3.05, 3.63) is 45.9 Å². The highest BCUT2D eigenvalue weighted by molar-refractivity contribution is 7.09. The topological polar surface area (TPSA) is 60.8 Å². The van der Waals surface area contributed by atoms with Crippen LogP contribution < -0.4 is 10.2 Å². The first kappa shape index (κ1) is 17.4. The molecule has 0 aliphatic carbocycles. The lowest BCUT2D eigenvalue weighted by Crippen LogP contribution is -2.44. The van der Waals surface area contributed by atoms with Crippen LogP contribution in [0.1, 0.15) is 16.3 Å². The van der Waals surface area contributed by atoms with Crippen LogP contribution >= 0.6 is 11.3 Å². The second-order valence-corrected chi connectivity index (χ2v) is 7.10. The van der Waals surface area contributed by atoms with Gasteiger partial charge in [0.25, 0.3) is 0 Å². The average Bonchev–Trinajstić information content (AvgIpc) is 3.21. The summed E-state index contributed by atoms with van der Waals surface area (Å²) >= 11 is 1.64. The Hall–Kier alpha value is -2.41. The van der Waals surface area contributed by atoms with E-state index in [-0.39, 0.29) is 12.5 Å². The van der Waals surface area contributed by atoms with Gasteiger partial charge in [0.15, 0.2) is 5.96 Å². The summed E-state index contributed by atoms with van der Waals surface area (Å²) in [7, 11) is 3.67. The molecule has 25 heavy (non-hydrogen) atoms. The number of nitrogens with one attached hydrogen (secondary N) is 1. The van der Waals surface area contributed by atoms with Gasteiger partial charge in [0.2, 0.25) is 5.91 Å². The number of para-hydroxylation sites is 1. The number of benzene rings is 1. The monoisotopic (exact) mass is 357 g/mol. The van der Waals surface area contributed by atoms with E-state index >= 15 is 0 Å². The summed E-state index contributed by atoms with van der Waals surface area (Å²) in [4.78, 5) is 25.2. The molecular weight excluding hydrogens is 334 g/mol. The molecule has 1 aromatic carbocycles. The summed E-state index contributed by atoms with van der Waals surface area (Å²) < 4.78 is 0. The molecule has 1 aromatic heterocycles. The van der Waals surface area contributed by atoms with Crippen molar-refractivity contribution in [2.24, 2.45) is 4.99 Å². The number of carbonyl (C=O) groups excluding carboxylic acids is 1. The normalized spacial score (nSPS) is 13.7. The second-order valence-electron chi connectivity index (χ2n) is 6.04. The molecule has 3 rings (SSSR count). The van der Waals surface area contributed by atoms with Gasteiger partial charge in [-0.15, -0.1) is 11.3 Å². The molecule has 1 aliphatic rings. The molecule has 1 N–H and O–H groups in total. The Balaban J connectivity index is 1.57. The molecule has 0 saturated carbocycles. The molecule has 132 valence electrons. The summed E-state index contributed by atoms with van der Waals surface area (Å²) in [5.74, 6) is 0.746. The van der Waals surface area contributed by atoms with Crippen LogP contribution in [0.2, 0.25) is 0 Å². The molecule has 1 amide bonds. The minimum atomic E-state index is 0.0593. The van der Waals surface area contributed by atoms with Gasteiger partial charge in [-0.25, -0.2) is 4.98 Å². The van der Waals surface area contributed by atoms with Gasteiger partial charge < -0.3 is 15.1 Å². The number of aromatic nitrogens is 1. The van der Waals surface area contributed by atoms with E-state index < -0.39 is 0 Å². The van der Waals surface area contributed by atoms with Crippen molar-refractivity contribution in [3.8, 4) is 0 Å². The van der Waals surface area contributed by atoms with E-state index in [2.05, 4.69) is 21.4 Å². The van der Waals surface area contributed by atoms with Crippen molar-refractivity contribution in [1.82, 2.24) is 15.2 Å². The fourth-order valence-corrected chi connectivity index (χ4v) is 3.63. The number of anilines is 1. The number of amides is 1. The van der Waals surface area contributed by atoms with Crippen molar-refractivity contribution < 1.29 is 4.79 Å². The Labute approximate surface area is 152 Å². The van der Waals surface area contributed by atoms with Gasteiger partial charge in [-0.1, -0.05) is 18.2 Å². The van der Waals surface area contributed by atoms with Gasteiger partial charge in [-0.3, -0.25) is 9.79 Å². The number of guanidine groups is 1. The third kappa shape index (κ3) is 3.99. The van der Waals surface area contributed by atoms with Crippen LogP contribution in [0.4, 0.5) is 5.69 Å². The van der Waals surface area contributed by atoms with E-state index in [4.69, 9.17) is 0 Å². The summed E-state index contributed by atoms with van der Waals surface area (Å²) in [6.45, 7) is 3.62. The Kier molecular flexibility index (Phi) is 5.33. The highest BCUT2D eigenvalue weighted by Crippen LogP contribution is 2.27. The number of nitrogens with zero attached hydrogens (tertiary/aromatic N) is 4. The molecular formula is C18H23N5OS. The molecule has 0 unspecified atom stereocenters. The van der Waals surface area contributed by atoms with E-state index in [9.17, 15) is 4.79 Å². The number of carbonyl (C=O) groups is 1. The van der Waals surface area contributed by atoms with E-state index in [0.29, 0.717) is 12.5 Å². The van der Waals surface area contributed by atoms with Gasteiger partial charge in [0.1, 0.15) is 0 Å². The van der Waals surface area contributed by atoms with Crippen LogP contribution in [0.25, 0.3) is 0 Å². The summed E-state index contributed by atoms with van der Waals surface area (Å²) in [5, 5.41) is 6.26. The maximum absolute atomic E-state index is 12.6.